The molecule has 0 aliphatic carbocycles. The molecule has 1 aliphatic rings. The maximum absolute atomic E-state index is 4.19. The largest absolute Gasteiger partial charge is 0.317 e. The second kappa shape index (κ2) is 8.70. The van der Waals surface area contributed by atoms with Crippen LogP contribution in [0.2, 0.25) is 0 Å². The summed E-state index contributed by atoms with van der Waals surface area (Å²) < 4.78 is 0. The first-order chi connectivity index (χ1) is 7.81. The van der Waals surface area contributed by atoms with E-state index in [4.69, 9.17) is 0 Å². The zero-order valence-corrected chi connectivity index (χ0v) is 12.6. The van der Waals surface area contributed by atoms with Crippen molar-refractivity contribution < 1.29 is 0 Å². The zero-order valence-electron chi connectivity index (χ0n) is 11.0. The van der Waals surface area contributed by atoms with Crippen LogP contribution < -0.4 is 5.32 Å². The predicted molar refractivity (Wildman–Crippen MR) is 80.8 cm³/mol. The monoisotopic (exact) mass is 291 g/mol. The molecule has 0 spiro atoms. The SMILES string of the molecule is CNC1CCN(C(C)c2cccnc2)CC1.Cl.Cl. The second-order valence-corrected chi connectivity index (χ2v) is 4.56. The first-order valence-corrected chi connectivity index (χ1v) is 6.12. The molecule has 2 rings (SSSR count). The molecule has 1 unspecified atom stereocenters. The zero-order chi connectivity index (χ0) is 11.4. The lowest BCUT2D eigenvalue weighted by Crippen LogP contribution is -2.42. The summed E-state index contributed by atoms with van der Waals surface area (Å²) in [4.78, 5) is 6.74. The molecule has 2 heterocycles. The van der Waals surface area contributed by atoms with Gasteiger partial charge in [0.2, 0.25) is 0 Å². The maximum atomic E-state index is 4.19. The van der Waals surface area contributed by atoms with Crippen LogP contribution in [0, 0.1) is 0 Å². The van der Waals surface area contributed by atoms with Gasteiger partial charge in [0, 0.05) is 37.6 Å². The first kappa shape index (κ1) is 17.6. The normalized spacial score (nSPS) is 18.6. The summed E-state index contributed by atoms with van der Waals surface area (Å²) in [5.74, 6) is 0. The van der Waals surface area contributed by atoms with Gasteiger partial charge in [-0.2, -0.15) is 0 Å². The summed E-state index contributed by atoms with van der Waals surface area (Å²) in [6.07, 6.45) is 6.32. The Labute approximate surface area is 122 Å². The number of halogens is 2. The second-order valence-electron chi connectivity index (χ2n) is 4.56. The molecule has 104 valence electrons. The van der Waals surface area contributed by atoms with Gasteiger partial charge in [-0.25, -0.2) is 0 Å². The molecule has 5 heteroatoms. The average Bonchev–Trinajstić information content (AvgIpc) is 2.39. The minimum atomic E-state index is 0. The predicted octanol–water partition coefficient (Wildman–Crippen LogP) is 2.67. The molecule has 3 nitrogen and oxygen atoms in total. The molecule has 1 aromatic rings. The van der Waals surface area contributed by atoms with E-state index in [1.54, 1.807) is 0 Å². The van der Waals surface area contributed by atoms with Crippen LogP contribution in [-0.2, 0) is 0 Å². The Morgan fingerprint density at radius 3 is 2.50 bits per heavy atom. The van der Waals surface area contributed by atoms with Gasteiger partial charge >= 0.3 is 0 Å². The van der Waals surface area contributed by atoms with E-state index in [-0.39, 0.29) is 24.8 Å². The fourth-order valence-electron chi connectivity index (χ4n) is 2.41. The van der Waals surface area contributed by atoms with Gasteiger partial charge in [-0.05, 0) is 38.4 Å². The number of piperidine rings is 1. The molecular formula is C13H23Cl2N3. The van der Waals surface area contributed by atoms with Crippen molar-refractivity contribution in [1.82, 2.24) is 15.2 Å². The van der Waals surface area contributed by atoms with Crippen LogP contribution in [0.25, 0.3) is 0 Å². The van der Waals surface area contributed by atoms with Crippen molar-refractivity contribution in [2.45, 2.75) is 31.8 Å². The highest BCUT2D eigenvalue weighted by molar-refractivity contribution is 5.85. The Hall–Kier alpha value is -0.350. The number of rotatable bonds is 3. The first-order valence-electron chi connectivity index (χ1n) is 6.12. The fourth-order valence-corrected chi connectivity index (χ4v) is 2.41. The fraction of sp³-hybridized carbons (Fsp3) is 0.615. The van der Waals surface area contributed by atoms with Crippen LogP contribution in [0.5, 0.6) is 0 Å². The van der Waals surface area contributed by atoms with E-state index in [0.717, 1.165) is 0 Å². The highest BCUT2D eigenvalue weighted by Gasteiger charge is 2.22. The number of hydrogen-bond donors (Lipinski definition) is 1. The summed E-state index contributed by atoms with van der Waals surface area (Å²) in [5.41, 5.74) is 1.32. The van der Waals surface area contributed by atoms with Crippen molar-refractivity contribution in [3.8, 4) is 0 Å². The van der Waals surface area contributed by atoms with Crippen LogP contribution in [0.3, 0.4) is 0 Å². The van der Waals surface area contributed by atoms with Crippen molar-refractivity contribution in [2.75, 3.05) is 20.1 Å². The number of nitrogens with zero attached hydrogens (tertiary/aromatic N) is 2. The van der Waals surface area contributed by atoms with Crippen LogP contribution >= 0.6 is 24.8 Å². The highest BCUT2D eigenvalue weighted by Crippen LogP contribution is 2.23. The number of hydrogen-bond acceptors (Lipinski definition) is 3. The average molecular weight is 292 g/mol. The molecule has 1 saturated heterocycles. The van der Waals surface area contributed by atoms with E-state index in [1.165, 1.54) is 31.5 Å². The van der Waals surface area contributed by atoms with Gasteiger partial charge in [-0.3, -0.25) is 9.88 Å². The smallest absolute Gasteiger partial charge is 0.0335 e. The van der Waals surface area contributed by atoms with Gasteiger partial charge in [0.1, 0.15) is 0 Å². The van der Waals surface area contributed by atoms with Gasteiger partial charge in [0.15, 0.2) is 0 Å². The van der Waals surface area contributed by atoms with Crippen molar-refractivity contribution in [3.63, 3.8) is 0 Å². The van der Waals surface area contributed by atoms with Crippen LogP contribution in [0.15, 0.2) is 24.5 Å². The third kappa shape index (κ3) is 4.39. The van der Waals surface area contributed by atoms with E-state index < -0.39 is 0 Å². The molecular weight excluding hydrogens is 269 g/mol. The van der Waals surface area contributed by atoms with Crippen LogP contribution in [0.1, 0.15) is 31.4 Å². The summed E-state index contributed by atoms with van der Waals surface area (Å²) >= 11 is 0. The van der Waals surface area contributed by atoms with Crippen LogP contribution in [-0.4, -0.2) is 36.1 Å². The van der Waals surface area contributed by atoms with Crippen molar-refractivity contribution in [1.29, 1.82) is 0 Å². The summed E-state index contributed by atoms with van der Waals surface area (Å²) in [6.45, 7) is 4.64. The molecule has 1 aromatic heterocycles. The Bertz CT molecular complexity index is 313. The number of nitrogens with one attached hydrogen (secondary N) is 1. The Morgan fingerprint density at radius 2 is 2.00 bits per heavy atom. The molecule has 0 saturated carbocycles. The van der Waals surface area contributed by atoms with E-state index in [9.17, 15) is 0 Å². The Balaban J connectivity index is 0.00000144. The quantitative estimate of drug-likeness (QED) is 0.928. The van der Waals surface area contributed by atoms with E-state index in [1.807, 2.05) is 18.5 Å². The lowest BCUT2D eigenvalue weighted by atomic mass is 10.0. The van der Waals surface area contributed by atoms with Crippen molar-refractivity contribution in [2.24, 2.45) is 0 Å². The number of likely N-dealkylation sites (tertiary alicyclic amines) is 1. The molecule has 1 fully saturated rings. The highest BCUT2D eigenvalue weighted by atomic mass is 35.5. The van der Waals surface area contributed by atoms with Gasteiger partial charge in [-0.15, -0.1) is 24.8 Å². The Kier molecular flexibility index (Phi) is 8.53. The van der Waals surface area contributed by atoms with Gasteiger partial charge in [-0.1, -0.05) is 6.07 Å². The van der Waals surface area contributed by atoms with Crippen LogP contribution in [0.4, 0.5) is 0 Å². The lowest BCUT2D eigenvalue weighted by Gasteiger charge is -2.36. The number of pyridine rings is 1. The molecule has 18 heavy (non-hydrogen) atoms. The third-order valence-electron chi connectivity index (χ3n) is 3.65. The minimum absolute atomic E-state index is 0. The number of aromatic nitrogens is 1. The molecule has 1 aliphatic heterocycles. The van der Waals surface area contributed by atoms with Gasteiger partial charge < -0.3 is 5.32 Å². The van der Waals surface area contributed by atoms with Gasteiger partial charge in [0.25, 0.3) is 0 Å². The topological polar surface area (TPSA) is 28.2 Å². The summed E-state index contributed by atoms with van der Waals surface area (Å²) in [7, 11) is 2.06. The standard InChI is InChI=1S/C13H21N3.2ClH/c1-11(12-4-3-7-15-10-12)16-8-5-13(14-2)6-9-16;;/h3-4,7,10-11,13-14H,5-6,8-9H2,1-2H3;2*1H. The molecule has 1 N–H and O–H groups in total. The molecule has 0 radical (unpaired) electrons. The van der Waals surface area contributed by atoms with E-state index >= 15 is 0 Å². The van der Waals surface area contributed by atoms with Crippen molar-refractivity contribution >= 4 is 24.8 Å². The summed E-state index contributed by atoms with van der Waals surface area (Å²) in [6, 6.07) is 5.39. The Morgan fingerprint density at radius 1 is 1.33 bits per heavy atom. The molecule has 0 aromatic carbocycles. The molecule has 1 atom stereocenters. The lowest BCUT2D eigenvalue weighted by molar-refractivity contribution is 0.155. The molecule has 0 amide bonds. The van der Waals surface area contributed by atoms with E-state index in [2.05, 4.69) is 35.2 Å². The molecule has 0 bridgehead atoms. The van der Waals surface area contributed by atoms with Gasteiger partial charge in [0.05, 0.1) is 0 Å². The summed E-state index contributed by atoms with van der Waals surface area (Å²) in [5, 5.41) is 3.36. The maximum Gasteiger partial charge on any atom is 0.0335 e. The van der Waals surface area contributed by atoms with E-state index in [0.29, 0.717) is 12.1 Å². The minimum Gasteiger partial charge on any atom is -0.317 e. The van der Waals surface area contributed by atoms with Crippen molar-refractivity contribution in [3.05, 3.63) is 30.1 Å². The third-order valence-corrected chi connectivity index (χ3v) is 3.65.